The van der Waals surface area contributed by atoms with E-state index in [1.807, 2.05) is 0 Å². The third-order valence-electron chi connectivity index (χ3n) is 11.3. The van der Waals surface area contributed by atoms with Crippen LogP contribution in [0.2, 0.25) is 0 Å². The highest BCUT2D eigenvalue weighted by Gasteiger charge is 2.64. The summed E-state index contributed by atoms with van der Waals surface area (Å²) in [5.74, 6) is 5.02. The lowest BCUT2D eigenvalue weighted by atomic mass is 9.48. The molecule has 2 nitrogen and oxygen atoms in total. The lowest BCUT2D eigenvalue weighted by molar-refractivity contribution is -0.148. The molecule has 0 amide bonds. The normalized spacial score (nSPS) is 43.3. The molecule has 0 radical (unpaired) electrons. The third-order valence-corrected chi connectivity index (χ3v) is 11.3. The fraction of sp³-hybridized carbons (Fsp3) is 0.900. The maximum Gasteiger partial charge on any atom is 0.309 e. The number of carbonyl (C=O) groups is 1. The Labute approximate surface area is 198 Å². The predicted molar refractivity (Wildman–Crippen MR) is 133 cm³/mol. The average Bonchev–Trinajstić information content (AvgIpc) is 3.18. The SMILES string of the molecule is COC(=O)[C@@H]1C[C@]2(C)C(=CC[C@H]3[C@@H]4CC[C@@H]([C@@H](C)CCCC(C)C)[C@@]4(C)CC[C@@H]32)C1(C)C. The fourth-order valence-electron chi connectivity index (χ4n) is 9.77. The molecule has 0 aromatic rings. The van der Waals surface area contributed by atoms with E-state index in [9.17, 15) is 4.79 Å². The first kappa shape index (κ1) is 24.3. The van der Waals surface area contributed by atoms with E-state index in [2.05, 4.69) is 54.5 Å². The van der Waals surface area contributed by atoms with E-state index < -0.39 is 0 Å². The maximum absolute atomic E-state index is 12.7. The van der Waals surface area contributed by atoms with E-state index in [-0.39, 0.29) is 22.7 Å². The van der Waals surface area contributed by atoms with Gasteiger partial charge in [-0.25, -0.2) is 0 Å². The van der Waals surface area contributed by atoms with E-state index in [4.69, 9.17) is 4.74 Å². The van der Waals surface area contributed by atoms with Gasteiger partial charge in [-0.3, -0.25) is 4.79 Å². The van der Waals surface area contributed by atoms with Crippen molar-refractivity contribution >= 4 is 5.97 Å². The second kappa shape index (κ2) is 8.46. The molecule has 32 heavy (non-hydrogen) atoms. The van der Waals surface area contributed by atoms with Crippen LogP contribution in [0.3, 0.4) is 0 Å². The molecule has 182 valence electrons. The molecule has 0 unspecified atom stereocenters. The highest BCUT2D eigenvalue weighted by atomic mass is 16.5. The molecule has 0 bridgehead atoms. The monoisotopic (exact) mass is 442 g/mol. The molecule has 4 rings (SSSR count). The molecular formula is C30H50O2. The van der Waals surface area contributed by atoms with Crippen molar-refractivity contribution in [3.05, 3.63) is 11.6 Å². The standard InChI is InChI=1S/C30H50O2/c1-19(2)10-9-11-20(3)22-13-14-23-21-12-15-26-28(4,5)25(27(31)32-8)18-30(26,7)24(21)16-17-29(22,23)6/h15,19-25H,9-14,16-18H2,1-8H3/t20-,21-,22-,23-,24-,25-,29+,30-/m0/s1. The molecule has 0 aromatic heterocycles. The van der Waals surface area contributed by atoms with Gasteiger partial charge in [0.1, 0.15) is 0 Å². The van der Waals surface area contributed by atoms with Crippen LogP contribution >= 0.6 is 0 Å². The van der Waals surface area contributed by atoms with Gasteiger partial charge in [0, 0.05) is 0 Å². The third kappa shape index (κ3) is 3.61. The van der Waals surface area contributed by atoms with Crippen molar-refractivity contribution in [3.63, 3.8) is 0 Å². The first-order valence-corrected chi connectivity index (χ1v) is 13.8. The summed E-state index contributed by atoms with van der Waals surface area (Å²) in [6.45, 7) is 17.0. The molecule has 3 saturated carbocycles. The van der Waals surface area contributed by atoms with Crippen molar-refractivity contribution in [1.29, 1.82) is 0 Å². The highest BCUT2D eigenvalue weighted by Crippen LogP contribution is 2.71. The Bertz CT molecular complexity index is 748. The average molecular weight is 443 g/mol. The smallest absolute Gasteiger partial charge is 0.309 e. The van der Waals surface area contributed by atoms with Crippen molar-refractivity contribution in [3.8, 4) is 0 Å². The number of rotatable bonds is 6. The Kier molecular flexibility index (Phi) is 6.43. The highest BCUT2D eigenvalue weighted by molar-refractivity contribution is 5.75. The zero-order valence-electron chi connectivity index (χ0n) is 22.3. The van der Waals surface area contributed by atoms with E-state index in [1.54, 1.807) is 12.7 Å². The summed E-state index contributed by atoms with van der Waals surface area (Å²) in [5, 5.41) is 0. The molecule has 4 aliphatic carbocycles. The Morgan fingerprint density at radius 2 is 1.78 bits per heavy atom. The second-order valence-electron chi connectivity index (χ2n) is 13.7. The molecule has 4 aliphatic rings. The van der Waals surface area contributed by atoms with Gasteiger partial charge in [-0.15, -0.1) is 0 Å². The van der Waals surface area contributed by atoms with Crippen LogP contribution in [0.15, 0.2) is 11.6 Å². The summed E-state index contributed by atoms with van der Waals surface area (Å²) >= 11 is 0. The van der Waals surface area contributed by atoms with Crippen LogP contribution in [-0.2, 0) is 9.53 Å². The van der Waals surface area contributed by atoms with Crippen molar-refractivity contribution in [2.45, 2.75) is 106 Å². The Balaban J connectivity index is 1.54. The summed E-state index contributed by atoms with van der Waals surface area (Å²) in [6.07, 6.45) is 14.6. The van der Waals surface area contributed by atoms with Gasteiger partial charge in [-0.1, -0.05) is 79.4 Å². The molecule has 0 heterocycles. The van der Waals surface area contributed by atoms with Crippen LogP contribution in [0, 0.1) is 57.7 Å². The van der Waals surface area contributed by atoms with Gasteiger partial charge in [0.15, 0.2) is 0 Å². The number of carbonyl (C=O) groups excluding carboxylic acids is 1. The topological polar surface area (TPSA) is 26.3 Å². The first-order valence-electron chi connectivity index (χ1n) is 13.8. The summed E-state index contributed by atoms with van der Waals surface area (Å²) in [6, 6.07) is 0. The summed E-state index contributed by atoms with van der Waals surface area (Å²) in [4.78, 5) is 12.7. The Hall–Kier alpha value is -0.790. The number of fused-ring (bicyclic) bond motifs is 5. The number of esters is 1. The quantitative estimate of drug-likeness (QED) is 0.307. The van der Waals surface area contributed by atoms with Gasteiger partial charge in [-0.05, 0) is 90.3 Å². The summed E-state index contributed by atoms with van der Waals surface area (Å²) in [5.41, 5.74) is 2.20. The molecule has 0 aliphatic heterocycles. The molecule has 8 atom stereocenters. The molecule has 3 fully saturated rings. The molecule has 0 aromatic carbocycles. The van der Waals surface area contributed by atoms with E-state index in [0.29, 0.717) is 5.41 Å². The van der Waals surface area contributed by atoms with E-state index >= 15 is 0 Å². The Morgan fingerprint density at radius 1 is 1.06 bits per heavy atom. The number of allylic oxidation sites excluding steroid dienone is 2. The van der Waals surface area contributed by atoms with Gasteiger partial charge in [0.2, 0.25) is 0 Å². The van der Waals surface area contributed by atoms with Crippen molar-refractivity contribution in [1.82, 2.24) is 0 Å². The minimum Gasteiger partial charge on any atom is -0.469 e. The van der Waals surface area contributed by atoms with Crippen molar-refractivity contribution in [2.75, 3.05) is 7.11 Å². The Morgan fingerprint density at radius 3 is 2.44 bits per heavy atom. The van der Waals surface area contributed by atoms with E-state index in [1.165, 1.54) is 51.4 Å². The van der Waals surface area contributed by atoms with Crippen LogP contribution in [0.5, 0.6) is 0 Å². The molecule has 0 N–H and O–H groups in total. The lowest BCUT2D eigenvalue weighted by Crippen LogP contribution is -2.49. The van der Waals surface area contributed by atoms with Gasteiger partial charge < -0.3 is 4.74 Å². The number of methoxy groups -OCH3 is 1. The zero-order chi connectivity index (χ0) is 23.5. The van der Waals surface area contributed by atoms with Crippen LogP contribution < -0.4 is 0 Å². The minimum absolute atomic E-state index is 0.000115. The molecule has 0 saturated heterocycles. The fourth-order valence-corrected chi connectivity index (χ4v) is 9.77. The van der Waals surface area contributed by atoms with Crippen molar-refractivity contribution in [2.24, 2.45) is 57.7 Å². The zero-order valence-corrected chi connectivity index (χ0v) is 22.3. The largest absolute Gasteiger partial charge is 0.469 e. The number of hydrogen-bond acceptors (Lipinski definition) is 2. The van der Waals surface area contributed by atoms with Crippen LogP contribution in [0.25, 0.3) is 0 Å². The summed E-state index contributed by atoms with van der Waals surface area (Å²) < 4.78 is 5.26. The summed E-state index contributed by atoms with van der Waals surface area (Å²) in [7, 11) is 1.56. The van der Waals surface area contributed by atoms with Crippen LogP contribution in [0.4, 0.5) is 0 Å². The van der Waals surface area contributed by atoms with E-state index in [0.717, 1.165) is 41.9 Å². The van der Waals surface area contributed by atoms with Crippen LogP contribution in [0.1, 0.15) is 106 Å². The first-order chi connectivity index (χ1) is 15.0. The van der Waals surface area contributed by atoms with Gasteiger partial charge in [-0.2, -0.15) is 0 Å². The number of hydrogen-bond donors (Lipinski definition) is 0. The molecule has 0 spiro atoms. The predicted octanol–water partition coefficient (Wildman–Crippen LogP) is 8.06. The number of ether oxygens (including phenoxy) is 1. The van der Waals surface area contributed by atoms with Gasteiger partial charge in [0.05, 0.1) is 13.0 Å². The molecular weight excluding hydrogens is 392 g/mol. The van der Waals surface area contributed by atoms with Gasteiger partial charge in [0.25, 0.3) is 0 Å². The molecule has 2 heteroatoms. The minimum atomic E-state index is -0.0727. The van der Waals surface area contributed by atoms with Crippen LogP contribution in [-0.4, -0.2) is 13.1 Å². The maximum atomic E-state index is 12.7. The van der Waals surface area contributed by atoms with Crippen molar-refractivity contribution < 1.29 is 9.53 Å². The van der Waals surface area contributed by atoms with Gasteiger partial charge >= 0.3 is 5.97 Å². The second-order valence-corrected chi connectivity index (χ2v) is 13.7. The lowest BCUT2D eigenvalue weighted by Gasteiger charge is -2.56.